The Morgan fingerprint density at radius 2 is 1.94 bits per heavy atom. The van der Waals surface area contributed by atoms with Gasteiger partial charge >= 0.3 is 0 Å². The van der Waals surface area contributed by atoms with Crippen molar-refractivity contribution in [1.29, 1.82) is 0 Å². The molecule has 0 fully saturated rings. The van der Waals surface area contributed by atoms with Crippen LogP contribution in [0.3, 0.4) is 0 Å². The van der Waals surface area contributed by atoms with Crippen LogP contribution < -0.4 is 5.56 Å². The van der Waals surface area contributed by atoms with Crippen molar-refractivity contribution in [3.8, 4) is 0 Å². The van der Waals surface area contributed by atoms with Crippen molar-refractivity contribution in [3.05, 3.63) is 52.4 Å². The SMILES string of the molecule is Cc1ccc(Sc2nccc(=O)n2O)cc1. The largest absolute Gasteiger partial charge is 0.423 e. The van der Waals surface area contributed by atoms with E-state index in [1.807, 2.05) is 31.2 Å². The summed E-state index contributed by atoms with van der Waals surface area (Å²) in [6.07, 6.45) is 1.38. The number of aryl methyl sites for hydroxylation is 1. The second kappa shape index (κ2) is 4.40. The van der Waals surface area contributed by atoms with E-state index in [2.05, 4.69) is 4.98 Å². The van der Waals surface area contributed by atoms with Gasteiger partial charge in [-0.2, -0.15) is 0 Å². The van der Waals surface area contributed by atoms with E-state index < -0.39 is 5.56 Å². The summed E-state index contributed by atoms with van der Waals surface area (Å²) in [7, 11) is 0. The van der Waals surface area contributed by atoms with Crippen LogP contribution in [0.1, 0.15) is 5.56 Å². The number of hydrogen-bond acceptors (Lipinski definition) is 4. The maximum Gasteiger partial charge on any atom is 0.286 e. The first-order chi connectivity index (χ1) is 7.66. The van der Waals surface area contributed by atoms with Gasteiger partial charge in [-0.05, 0) is 30.8 Å². The molecule has 0 aliphatic carbocycles. The van der Waals surface area contributed by atoms with Crippen molar-refractivity contribution < 1.29 is 5.21 Å². The molecule has 0 atom stereocenters. The van der Waals surface area contributed by atoms with Gasteiger partial charge in [0.05, 0.1) is 0 Å². The minimum absolute atomic E-state index is 0.261. The van der Waals surface area contributed by atoms with Gasteiger partial charge in [-0.3, -0.25) is 4.79 Å². The van der Waals surface area contributed by atoms with Gasteiger partial charge in [-0.25, -0.2) is 4.98 Å². The van der Waals surface area contributed by atoms with Gasteiger partial charge in [0.2, 0.25) is 5.16 Å². The van der Waals surface area contributed by atoms with E-state index >= 15 is 0 Å². The first-order valence-corrected chi connectivity index (χ1v) is 5.50. The number of hydrogen-bond donors (Lipinski definition) is 1. The van der Waals surface area contributed by atoms with Crippen LogP contribution in [0.4, 0.5) is 0 Å². The van der Waals surface area contributed by atoms with Crippen molar-refractivity contribution >= 4 is 11.8 Å². The molecule has 2 aromatic rings. The molecule has 0 aliphatic rings. The third kappa shape index (κ3) is 2.25. The average molecular weight is 234 g/mol. The lowest BCUT2D eigenvalue weighted by Crippen LogP contribution is -2.18. The fraction of sp³-hybridized carbons (Fsp3) is 0.0909. The second-order valence-corrected chi connectivity index (χ2v) is 4.33. The molecule has 0 bridgehead atoms. The summed E-state index contributed by atoms with van der Waals surface area (Å²) in [4.78, 5) is 16.0. The number of benzene rings is 1. The van der Waals surface area contributed by atoms with E-state index in [0.29, 0.717) is 4.73 Å². The van der Waals surface area contributed by atoms with Crippen LogP contribution in [0.5, 0.6) is 0 Å². The zero-order chi connectivity index (χ0) is 11.5. The quantitative estimate of drug-likeness (QED) is 0.637. The summed E-state index contributed by atoms with van der Waals surface area (Å²) < 4.78 is 0.546. The highest BCUT2D eigenvalue weighted by atomic mass is 32.2. The number of rotatable bonds is 2. The Hall–Kier alpha value is -1.75. The first kappa shape index (κ1) is 10.8. The van der Waals surface area contributed by atoms with Crippen molar-refractivity contribution in [2.45, 2.75) is 17.0 Å². The topological polar surface area (TPSA) is 55.1 Å². The van der Waals surface area contributed by atoms with Crippen LogP contribution in [-0.4, -0.2) is 14.9 Å². The van der Waals surface area contributed by atoms with Gasteiger partial charge in [0, 0.05) is 17.2 Å². The van der Waals surface area contributed by atoms with E-state index in [1.165, 1.54) is 24.0 Å². The Kier molecular flexibility index (Phi) is 2.96. The Balaban J connectivity index is 2.30. The summed E-state index contributed by atoms with van der Waals surface area (Å²) in [5, 5.41) is 9.69. The second-order valence-electron chi connectivity index (χ2n) is 3.29. The highest BCUT2D eigenvalue weighted by molar-refractivity contribution is 7.99. The summed E-state index contributed by atoms with van der Waals surface area (Å²) >= 11 is 1.24. The van der Waals surface area contributed by atoms with Crippen molar-refractivity contribution in [2.24, 2.45) is 0 Å². The Morgan fingerprint density at radius 3 is 2.62 bits per heavy atom. The molecular weight excluding hydrogens is 224 g/mol. The van der Waals surface area contributed by atoms with E-state index in [9.17, 15) is 10.0 Å². The number of aromatic nitrogens is 2. The fourth-order valence-electron chi connectivity index (χ4n) is 1.17. The molecule has 0 aliphatic heterocycles. The zero-order valence-corrected chi connectivity index (χ0v) is 9.44. The lowest BCUT2D eigenvalue weighted by Gasteiger charge is -2.03. The van der Waals surface area contributed by atoms with Gasteiger partial charge in [0.25, 0.3) is 5.56 Å². The minimum Gasteiger partial charge on any atom is -0.423 e. The molecule has 0 saturated heterocycles. The summed E-state index contributed by atoms with van der Waals surface area (Å²) in [6.45, 7) is 2.00. The van der Waals surface area contributed by atoms with Crippen molar-refractivity contribution in [3.63, 3.8) is 0 Å². The van der Waals surface area contributed by atoms with Crippen LogP contribution in [0.2, 0.25) is 0 Å². The van der Waals surface area contributed by atoms with Crippen LogP contribution in [-0.2, 0) is 0 Å². The monoisotopic (exact) mass is 234 g/mol. The average Bonchev–Trinajstić information content (AvgIpc) is 2.28. The standard InChI is InChI=1S/C11H10N2O2S/c1-8-2-4-9(5-3-8)16-11-12-7-6-10(14)13(11)15/h2-7,15H,1H3. The predicted molar refractivity (Wildman–Crippen MR) is 61.0 cm³/mol. The number of nitrogens with zero attached hydrogens (tertiary/aromatic N) is 2. The third-order valence-electron chi connectivity index (χ3n) is 2.02. The van der Waals surface area contributed by atoms with Crippen molar-refractivity contribution in [1.82, 2.24) is 9.71 Å². The minimum atomic E-state index is -0.482. The summed E-state index contributed by atoms with van der Waals surface area (Å²) in [6, 6.07) is 8.97. The molecule has 0 spiro atoms. The molecule has 1 N–H and O–H groups in total. The molecule has 1 aromatic carbocycles. The van der Waals surface area contributed by atoms with E-state index in [0.717, 1.165) is 10.5 Å². The molecular formula is C11H10N2O2S. The molecule has 0 saturated carbocycles. The van der Waals surface area contributed by atoms with Gasteiger partial charge < -0.3 is 5.21 Å². The Bertz CT molecular complexity index is 549. The smallest absolute Gasteiger partial charge is 0.286 e. The van der Waals surface area contributed by atoms with Gasteiger partial charge in [0.15, 0.2) is 0 Å². The van der Waals surface area contributed by atoms with Crippen molar-refractivity contribution in [2.75, 3.05) is 0 Å². The molecule has 0 radical (unpaired) electrons. The van der Waals surface area contributed by atoms with E-state index in [1.54, 1.807) is 0 Å². The maximum atomic E-state index is 11.1. The van der Waals surface area contributed by atoms with Crippen LogP contribution >= 0.6 is 11.8 Å². The highest BCUT2D eigenvalue weighted by Gasteiger charge is 2.05. The molecule has 2 rings (SSSR count). The lowest BCUT2D eigenvalue weighted by molar-refractivity contribution is 0.143. The van der Waals surface area contributed by atoms with E-state index in [-0.39, 0.29) is 5.16 Å². The summed E-state index contributed by atoms with van der Waals surface area (Å²) in [5.74, 6) is 0. The third-order valence-corrected chi connectivity index (χ3v) is 2.99. The normalized spacial score (nSPS) is 10.3. The maximum absolute atomic E-state index is 11.1. The molecule has 4 nitrogen and oxygen atoms in total. The molecule has 5 heteroatoms. The van der Waals surface area contributed by atoms with Crippen LogP contribution in [0.15, 0.2) is 51.4 Å². The van der Waals surface area contributed by atoms with Gasteiger partial charge in [-0.1, -0.05) is 17.7 Å². The van der Waals surface area contributed by atoms with Gasteiger partial charge in [0.1, 0.15) is 0 Å². The van der Waals surface area contributed by atoms with Crippen LogP contribution in [0.25, 0.3) is 0 Å². The van der Waals surface area contributed by atoms with Crippen LogP contribution in [0, 0.1) is 6.92 Å². The zero-order valence-electron chi connectivity index (χ0n) is 8.62. The Morgan fingerprint density at radius 1 is 1.25 bits per heavy atom. The predicted octanol–water partition coefficient (Wildman–Crippen LogP) is 1.94. The molecule has 16 heavy (non-hydrogen) atoms. The molecule has 0 unspecified atom stereocenters. The molecule has 1 aromatic heterocycles. The summed E-state index contributed by atoms with van der Waals surface area (Å²) in [5.41, 5.74) is 0.677. The molecule has 0 amide bonds. The van der Waals surface area contributed by atoms with Gasteiger partial charge in [-0.15, -0.1) is 4.73 Å². The van der Waals surface area contributed by atoms with E-state index in [4.69, 9.17) is 0 Å². The highest BCUT2D eigenvalue weighted by Crippen LogP contribution is 2.24. The molecule has 82 valence electrons. The molecule has 1 heterocycles. The lowest BCUT2D eigenvalue weighted by atomic mass is 10.2. The fourth-order valence-corrected chi connectivity index (χ4v) is 1.94. The Labute approximate surface area is 96.5 Å². The first-order valence-electron chi connectivity index (χ1n) is 4.68.